The molecule has 0 radical (unpaired) electrons. The number of para-hydroxylation sites is 1. The summed E-state index contributed by atoms with van der Waals surface area (Å²) in [7, 11) is 0. The molecule has 0 saturated carbocycles. The summed E-state index contributed by atoms with van der Waals surface area (Å²) in [6.07, 6.45) is 8.87. The highest BCUT2D eigenvalue weighted by atomic mass is 35.5. The van der Waals surface area contributed by atoms with Crippen LogP contribution < -0.4 is 27.1 Å². The summed E-state index contributed by atoms with van der Waals surface area (Å²) in [4.78, 5) is 30.2. The molecule has 0 spiro atoms. The summed E-state index contributed by atoms with van der Waals surface area (Å²) in [6.45, 7) is 5.37. The number of anilines is 2. The predicted octanol–water partition coefficient (Wildman–Crippen LogP) is 2.28. The maximum Gasteiger partial charge on any atom is 0.271 e. The standard InChI is InChI=1S/C25H34ClN7O2/c1-16-13-18(14-17(2)29-16)24(35)33(28)25-30-21-9-5-8-20(26)23(21)32(25)19-7-3-4-12-31(15-19)22(34)10-6-11-27/h5-6,8-10,13-14,16,19,25,29-30H,3-4,7,11-12,15,27-28H2,1-2H3/b10-6+/t16?,19-,25?/m1/s1. The Morgan fingerprint density at radius 1 is 1.29 bits per heavy atom. The van der Waals surface area contributed by atoms with E-state index in [-0.39, 0.29) is 23.9 Å². The smallest absolute Gasteiger partial charge is 0.271 e. The van der Waals surface area contributed by atoms with Crippen LogP contribution in [-0.4, -0.2) is 59.7 Å². The SMILES string of the molecule is CC1=CC(C(=O)N(N)C2Nc3cccc(Cl)c3N2[C@@H]2CCCCN(C(=O)/C=C/CN)C2)=CC(C)N1. The third-order valence-electron chi connectivity index (χ3n) is 6.54. The van der Waals surface area contributed by atoms with E-state index in [0.717, 1.165) is 36.3 Å². The molecule has 1 fully saturated rings. The van der Waals surface area contributed by atoms with Gasteiger partial charge in [0.25, 0.3) is 5.91 Å². The Morgan fingerprint density at radius 3 is 2.83 bits per heavy atom. The molecule has 3 aliphatic rings. The van der Waals surface area contributed by atoms with Crippen LogP contribution in [0.2, 0.25) is 5.02 Å². The maximum absolute atomic E-state index is 13.5. The molecule has 0 aliphatic carbocycles. The van der Waals surface area contributed by atoms with E-state index in [0.29, 0.717) is 30.2 Å². The summed E-state index contributed by atoms with van der Waals surface area (Å²) in [5.41, 5.74) is 8.57. The molecule has 9 nitrogen and oxygen atoms in total. The molecule has 3 atom stereocenters. The second-order valence-corrected chi connectivity index (χ2v) is 9.64. The van der Waals surface area contributed by atoms with E-state index in [2.05, 4.69) is 15.5 Å². The van der Waals surface area contributed by atoms with Gasteiger partial charge in [0.1, 0.15) is 0 Å². The van der Waals surface area contributed by atoms with Crippen LogP contribution in [-0.2, 0) is 9.59 Å². The van der Waals surface area contributed by atoms with E-state index in [4.69, 9.17) is 23.2 Å². The van der Waals surface area contributed by atoms with Crippen LogP contribution in [0.4, 0.5) is 11.4 Å². The fourth-order valence-corrected chi connectivity index (χ4v) is 5.29. The van der Waals surface area contributed by atoms with E-state index in [1.165, 1.54) is 11.1 Å². The number of rotatable bonds is 5. The number of nitrogens with two attached hydrogens (primary N) is 2. The van der Waals surface area contributed by atoms with Gasteiger partial charge in [-0.3, -0.25) is 9.59 Å². The largest absolute Gasteiger partial charge is 0.383 e. The molecule has 4 rings (SSSR count). The van der Waals surface area contributed by atoms with Crippen LogP contribution in [0.3, 0.4) is 0 Å². The van der Waals surface area contributed by atoms with Gasteiger partial charge < -0.3 is 26.2 Å². The minimum atomic E-state index is -0.656. The van der Waals surface area contributed by atoms with E-state index >= 15 is 0 Å². The average Bonchev–Trinajstić information content (AvgIpc) is 3.05. The quantitative estimate of drug-likeness (QED) is 0.212. The number of allylic oxidation sites excluding steroid dienone is 1. The molecular formula is C25H34ClN7O2. The molecule has 2 unspecified atom stereocenters. The third kappa shape index (κ3) is 5.32. The van der Waals surface area contributed by atoms with Crippen molar-refractivity contribution >= 4 is 34.8 Å². The molecular weight excluding hydrogens is 466 g/mol. The first-order valence-corrected chi connectivity index (χ1v) is 12.4. The Hall–Kier alpha value is -3.01. The fourth-order valence-electron chi connectivity index (χ4n) is 5.02. The van der Waals surface area contributed by atoms with Crippen LogP contribution >= 0.6 is 11.6 Å². The monoisotopic (exact) mass is 499 g/mol. The number of carbonyl (C=O) groups excluding carboxylic acids is 2. The summed E-state index contributed by atoms with van der Waals surface area (Å²) < 4.78 is 0. The third-order valence-corrected chi connectivity index (χ3v) is 6.85. The minimum Gasteiger partial charge on any atom is -0.383 e. The number of carbonyl (C=O) groups is 2. The van der Waals surface area contributed by atoms with Crippen molar-refractivity contribution in [3.63, 3.8) is 0 Å². The van der Waals surface area contributed by atoms with E-state index in [9.17, 15) is 9.59 Å². The van der Waals surface area contributed by atoms with Crippen LogP contribution in [0, 0.1) is 0 Å². The molecule has 0 aromatic heterocycles. The predicted molar refractivity (Wildman–Crippen MR) is 139 cm³/mol. The van der Waals surface area contributed by atoms with Crippen LogP contribution in [0.25, 0.3) is 0 Å². The lowest BCUT2D eigenvalue weighted by Crippen LogP contribution is -2.60. The number of amides is 2. The van der Waals surface area contributed by atoms with Gasteiger partial charge in [-0.15, -0.1) is 0 Å². The first kappa shape index (κ1) is 25.1. The van der Waals surface area contributed by atoms with E-state index in [1.807, 2.05) is 43.0 Å². The molecule has 2 amide bonds. The van der Waals surface area contributed by atoms with Crippen molar-refractivity contribution in [3.8, 4) is 0 Å². The van der Waals surface area contributed by atoms with Gasteiger partial charge in [0.05, 0.1) is 22.4 Å². The zero-order valence-electron chi connectivity index (χ0n) is 20.2. The average molecular weight is 500 g/mol. The van der Waals surface area contributed by atoms with E-state index < -0.39 is 6.29 Å². The number of benzene rings is 1. The Bertz CT molecular complexity index is 1070. The zero-order chi connectivity index (χ0) is 25.1. The lowest BCUT2D eigenvalue weighted by molar-refractivity contribution is -0.129. The number of dihydropyridines is 1. The normalized spacial score (nSPS) is 24.2. The number of halogens is 1. The van der Waals surface area contributed by atoms with Crippen molar-refractivity contribution in [2.75, 3.05) is 29.9 Å². The summed E-state index contributed by atoms with van der Waals surface area (Å²) in [6, 6.07) is 5.54. The lowest BCUT2D eigenvalue weighted by Gasteiger charge is -2.40. The van der Waals surface area contributed by atoms with Crippen molar-refractivity contribution in [2.45, 2.75) is 51.5 Å². The van der Waals surface area contributed by atoms with Crippen molar-refractivity contribution < 1.29 is 9.59 Å². The molecule has 6 N–H and O–H groups in total. The van der Waals surface area contributed by atoms with Gasteiger partial charge >= 0.3 is 0 Å². The second kappa shape index (κ2) is 10.7. The van der Waals surface area contributed by atoms with Crippen molar-refractivity contribution in [1.82, 2.24) is 15.2 Å². The van der Waals surface area contributed by atoms with Crippen LogP contribution in [0.15, 0.2) is 53.8 Å². The second-order valence-electron chi connectivity index (χ2n) is 9.23. The zero-order valence-corrected chi connectivity index (χ0v) is 21.0. The highest BCUT2D eigenvalue weighted by molar-refractivity contribution is 6.34. The minimum absolute atomic E-state index is 0.0228. The molecule has 10 heteroatoms. The van der Waals surface area contributed by atoms with Gasteiger partial charge in [-0.2, -0.15) is 0 Å². The number of hydrogen-bond donors (Lipinski definition) is 4. The van der Waals surface area contributed by atoms with Gasteiger partial charge in [0, 0.05) is 43.0 Å². The van der Waals surface area contributed by atoms with Gasteiger partial charge in [-0.05, 0) is 57.4 Å². The number of likely N-dealkylation sites (tertiary alicyclic amines) is 1. The summed E-state index contributed by atoms with van der Waals surface area (Å²) in [5, 5.41) is 8.45. The molecule has 3 heterocycles. The van der Waals surface area contributed by atoms with Gasteiger partial charge in [-0.1, -0.05) is 23.7 Å². The number of hydrogen-bond acceptors (Lipinski definition) is 7. The van der Waals surface area contributed by atoms with Gasteiger partial charge in [-0.25, -0.2) is 10.9 Å². The number of fused-ring (bicyclic) bond motifs is 1. The Kier molecular flexibility index (Phi) is 7.69. The van der Waals surface area contributed by atoms with E-state index in [1.54, 1.807) is 12.2 Å². The maximum atomic E-state index is 13.5. The highest BCUT2D eigenvalue weighted by Crippen LogP contribution is 2.43. The van der Waals surface area contributed by atoms with Gasteiger partial charge in [0.15, 0.2) is 6.29 Å². The molecule has 0 bridgehead atoms. The first-order valence-electron chi connectivity index (χ1n) is 12.0. The number of nitrogens with one attached hydrogen (secondary N) is 2. The molecule has 1 saturated heterocycles. The summed E-state index contributed by atoms with van der Waals surface area (Å²) >= 11 is 6.67. The summed E-state index contributed by atoms with van der Waals surface area (Å²) in [5.74, 6) is 6.15. The Balaban J connectivity index is 1.66. The number of hydrazine groups is 1. The lowest BCUT2D eigenvalue weighted by atomic mass is 10.1. The fraction of sp³-hybridized carbons (Fsp3) is 0.440. The van der Waals surface area contributed by atoms with Crippen molar-refractivity contribution in [1.29, 1.82) is 0 Å². The van der Waals surface area contributed by atoms with Crippen molar-refractivity contribution in [3.05, 3.63) is 58.8 Å². The van der Waals surface area contributed by atoms with Crippen molar-refractivity contribution in [2.24, 2.45) is 11.6 Å². The molecule has 35 heavy (non-hydrogen) atoms. The molecule has 1 aromatic rings. The molecule has 188 valence electrons. The topological polar surface area (TPSA) is 120 Å². The molecule has 1 aromatic carbocycles. The highest BCUT2D eigenvalue weighted by Gasteiger charge is 2.41. The molecule has 3 aliphatic heterocycles. The van der Waals surface area contributed by atoms with Crippen LogP contribution in [0.5, 0.6) is 0 Å². The first-order chi connectivity index (χ1) is 16.8. The Morgan fingerprint density at radius 2 is 2.09 bits per heavy atom. The number of nitrogens with zero attached hydrogens (tertiary/aromatic N) is 3. The van der Waals surface area contributed by atoms with Crippen LogP contribution in [0.1, 0.15) is 33.1 Å². The Labute approximate surface area is 211 Å². The van der Waals surface area contributed by atoms with Gasteiger partial charge in [0.2, 0.25) is 5.91 Å².